The molecule has 0 unspecified atom stereocenters. The van der Waals surface area contributed by atoms with E-state index in [2.05, 4.69) is 4.98 Å². The van der Waals surface area contributed by atoms with Crippen molar-refractivity contribution in [3.05, 3.63) is 47.7 Å². The number of ether oxygens (including phenoxy) is 1. The maximum atomic E-state index is 10.9. The molecule has 1 amide bonds. The summed E-state index contributed by atoms with van der Waals surface area (Å²) in [5.41, 5.74) is 6.30. The monoisotopic (exact) mass is 244 g/mol. The first kappa shape index (κ1) is 11.9. The molecule has 0 bridgehead atoms. The quantitative estimate of drug-likeness (QED) is 0.864. The zero-order valence-corrected chi connectivity index (χ0v) is 9.75. The van der Waals surface area contributed by atoms with Crippen LogP contribution in [0.1, 0.15) is 15.9 Å². The number of nitrogens with zero attached hydrogens (tertiary/aromatic N) is 1. The second kappa shape index (κ2) is 4.75. The number of benzene rings is 1. The van der Waals surface area contributed by atoms with E-state index in [1.54, 1.807) is 12.1 Å². The topological polar surface area (TPSA) is 85.4 Å². The van der Waals surface area contributed by atoms with E-state index in [9.17, 15) is 9.90 Å². The number of carbonyl (C=O) groups excluding carboxylic acids is 1. The number of pyridine rings is 1. The molecule has 1 aromatic heterocycles. The number of aromatic hydroxyl groups is 1. The molecular weight excluding hydrogens is 232 g/mol. The zero-order valence-electron chi connectivity index (χ0n) is 9.75. The lowest BCUT2D eigenvalue weighted by molar-refractivity contribution is 0.0999. The Bertz CT molecular complexity index is 579. The van der Waals surface area contributed by atoms with Crippen LogP contribution in [0.15, 0.2) is 36.5 Å². The van der Waals surface area contributed by atoms with Crippen molar-refractivity contribution >= 4 is 5.91 Å². The van der Waals surface area contributed by atoms with Gasteiger partial charge in [-0.05, 0) is 25.1 Å². The van der Waals surface area contributed by atoms with Crippen molar-refractivity contribution in [3.63, 3.8) is 0 Å². The Morgan fingerprint density at radius 3 is 2.56 bits per heavy atom. The van der Waals surface area contributed by atoms with Crippen LogP contribution in [0.3, 0.4) is 0 Å². The lowest BCUT2D eigenvalue weighted by Crippen LogP contribution is -2.11. The lowest BCUT2D eigenvalue weighted by atomic mass is 10.2. The fourth-order valence-corrected chi connectivity index (χ4v) is 1.37. The van der Waals surface area contributed by atoms with Crippen LogP contribution < -0.4 is 10.5 Å². The summed E-state index contributed by atoms with van der Waals surface area (Å²) < 4.78 is 5.39. The minimum atomic E-state index is -0.653. The minimum absolute atomic E-state index is 0.0313. The third kappa shape index (κ3) is 2.57. The molecular formula is C13H12N2O3. The second-order valence-corrected chi connectivity index (χ2v) is 3.83. The van der Waals surface area contributed by atoms with E-state index in [-0.39, 0.29) is 17.2 Å². The molecule has 1 heterocycles. The first-order chi connectivity index (χ1) is 8.56. The molecule has 0 saturated heterocycles. The normalized spacial score (nSPS) is 10.1. The number of aryl methyl sites for hydroxylation is 1. The first-order valence-electron chi connectivity index (χ1n) is 5.29. The number of amides is 1. The standard InChI is InChI=1S/C13H12N2O3/c1-8-2-4-10(5-3-8)18-13-11(16)6-9(7-15-13)12(14)17/h2-7,16H,1H3,(H2,14,17). The smallest absolute Gasteiger partial charge is 0.262 e. The van der Waals surface area contributed by atoms with Crippen molar-refractivity contribution < 1.29 is 14.6 Å². The number of primary amides is 1. The summed E-state index contributed by atoms with van der Waals surface area (Å²) in [5.74, 6) is -0.300. The van der Waals surface area contributed by atoms with E-state index in [1.165, 1.54) is 12.3 Å². The molecule has 0 atom stereocenters. The lowest BCUT2D eigenvalue weighted by Gasteiger charge is -2.07. The predicted octanol–water partition coefficient (Wildman–Crippen LogP) is 1.99. The minimum Gasteiger partial charge on any atom is -0.503 e. The van der Waals surface area contributed by atoms with Crippen LogP contribution in [0.25, 0.3) is 0 Å². The number of carbonyl (C=O) groups is 1. The van der Waals surface area contributed by atoms with Gasteiger partial charge in [0.05, 0.1) is 5.56 Å². The summed E-state index contributed by atoms with van der Waals surface area (Å²) in [6, 6.07) is 8.50. The third-order valence-corrected chi connectivity index (χ3v) is 2.35. The Morgan fingerprint density at radius 1 is 1.33 bits per heavy atom. The molecule has 3 N–H and O–H groups in total. The first-order valence-corrected chi connectivity index (χ1v) is 5.29. The van der Waals surface area contributed by atoms with Crippen molar-refractivity contribution in [2.24, 2.45) is 5.73 Å². The van der Waals surface area contributed by atoms with E-state index < -0.39 is 5.91 Å². The largest absolute Gasteiger partial charge is 0.503 e. The van der Waals surface area contributed by atoms with Gasteiger partial charge in [0.15, 0.2) is 5.75 Å². The fraction of sp³-hybridized carbons (Fsp3) is 0.0769. The molecule has 18 heavy (non-hydrogen) atoms. The van der Waals surface area contributed by atoms with Crippen molar-refractivity contribution in [2.75, 3.05) is 0 Å². The Hall–Kier alpha value is -2.56. The molecule has 0 aliphatic rings. The Labute approximate surface area is 104 Å². The molecule has 0 radical (unpaired) electrons. The highest BCUT2D eigenvalue weighted by molar-refractivity contribution is 5.92. The molecule has 5 heteroatoms. The van der Waals surface area contributed by atoms with Gasteiger partial charge >= 0.3 is 0 Å². The average molecular weight is 244 g/mol. The molecule has 2 aromatic rings. The predicted molar refractivity (Wildman–Crippen MR) is 65.7 cm³/mol. The molecule has 0 aliphatic heterocycles. The van der Waals surface area contributed by atoms with Gasteiger partial charge in [-0.1, -0.05) is 17.7 Å². The average Bonchev–Trinajstić information content (AvgIpc) is 2.34. The van der Waals surface area contributed by atoms with Crippen LogP contribution >= 0.6 is 0 Å². The molecule has 5 nitrogen and oxygen atoms in total. The maximum absolute atomic E-state index is 10.9. The van der Waals surface area contributed by atoms with E-state index in [1.807, 2.05) is 19.1 Å². The third-order valence-electron chi connectivity index (χ3n) is 2.35. The van der Waals surface area contributed by atoms with E-state index in [4.69, 9.17) is 10.5 Å². The maximum Gasteiger partial charge on any atom is 0.262 e. The molecule has 0 saturated carbocycles. The van der Waals surface area contributed by atoms with Crippen molar-refractivity contribution in [1.29, 1.82) is 0 Å². The number of nitrogens with two attached hydrogens (primary N) is 1. The van der Waals surface area contributed by atoms with Gasteiger partial charge in [0.1, 0.15) is 5.75 Å². The van der Waals surface area contributed by atoms with Crippen LogP contribution in [-0.2, 0) is 0 Å². The summed E-state index contributed by atoms with van der Waals surface area (Å²) >= 11 is 0. The van der Waals surface area contributed by atoms with Gasteiger partial charge in [-0.15, -0.1) is 0 Å². The van der Waals surface area contributed by atoms with Gasteiger partial charge in [0.2, 0.25) is 5.91 Å². The number of aromatic nitrogens is 1. The number of hydrogen-bond donors (Lipinski definition) is 2. The van der Waals surface area contributed by atoms with Crippen LogP contribution in [0.4, 0.5) is 0 Å². The summed E-state index contributed by atoms with van der Waals surface area (Å²) in [4.78, 5) is 14.7. The number of rotatable bonds is 3. The fourth-order valence-electron chi connectivity index (χ4n) is 1.37. The summed E-state index contributed by atoms with van der Waals surface area (Å²) in [6.07, 6.45) is 1.26. The molecule has 0 fully saturated rings. The van der Waals surface area contributed by atoms with Crippen molar-refractivity contribution in [3.8, 4) is 17.4 Å². The summed E-state index contributed by atoms with van der Waals surface area (Å²) in [5, 5.41) is 9.66. The number of hydrogen-bond acceptors (Lipinski definition) is 4. The van der Waals surface area contributed by atoms with Crippen LogP contribution in [0, 0.1) is 6.92 Å². The highest BCUT2D eigenvalue weighted by Crippen LogP contribution is 2.28. The molecule has 0 aliphatic carbocycles. The zero-order chi connectivity index (χ0) is 13.1. The van der Waals surface area contributed by atoms with E-state index in [0.29, 0.717) is 5.75 Å². The molecule has 0 spiro atoms. The molecule has 1 aromatic carbocycles. The van der Waals surface area contributed by atoms with Gasteiger partial charge < -0.3 is 15.6 Å². The highest BCUT2D eigenvalue weighted by Gasteiger charge is 2.09. The van der Waals surface area contributed by atoms with Crippen LogP contribution in [0.2, 0.25) is 0 Å². The highest BCUT2D eigenvalue weighted by atomic mass is 16.5. The van der Waals surface area contributed by atoms with Gasteiger partial charge in [0, 0.05) is 6.20 Å². The van der Waals surface area contributed by atoms with Crippen molar-refractivity contribution in [1.82, 2.24) is 4.98 Å². The Balaban J connectivity index is 2.24. The summed E-state index contributed by atoms with van der Waals surface area (Å²) in [7, 11) is 0. The van der Waals surface area contributed by atoms with Crippen LogP contribution in [-0.4, -0.2) is 16.0 Å². The summed E-state index contributed by atoms with van der Waals surface area (Å²) in [6.45, 7) is 1.96. The Kier molecular flexibility index (Phi) is 3.14. The molecule has 92 valence electrons. The second-order valence-electron chi connectivity index (χ2n) is 3.83. The Morgan fingerprint density at radius 2 is 2.00 bits per heavy atom. The van der Waals surface area contributed by atoms with Gasteiger partial charge in [-0.2, -0.15) is 0 Å². The van der Waals surface area contributed by atoms with Crippen molar-refractivity contribution in [2.45, 2.75) is 6.92 Å². The van der Waals surface area contributed by atoms with E-state index >= 15 is 0 Å². The van der Waals surface area contributed by atoms with Gasteiger partial charge in [-0.25, -0.2) is 4.98 Å². The van der Waals surface area contributed by atoms with Gasteiger partial charge in [-0.3, -0.25) is 4.79 Å². The van der Waals surface area contributed by atoms with Gasteiger partial charge in [0.25, 0.3) is 5.88 Å². The SMILES string of the molecule is Cc1ccc(Oc2ncc(C(N)=O)cc2O)cc1. The molecule has 2 rings (SSSR count). The van der Waals surface area contributed by atoms with E-state index in [0.717, 1.165) is 5.56 Å². The van der Waals surface area contributed by atoms with Crippen LogP contribution in [0.5, 0.6) is 17.4 Å².